The van der Waals surface area contributed by atoms with Crippen molar-refractivity contribution in [3.8, 4) is 0 Å². The Kier molecular flexibility index (Phi) is 6.12. The molecule has 5 heteroatoms. The van der Waals surface area contributed by atoms with Crippen LogP contribution < -0.4 is 16.0 Å². The minimum Gasteiger partial charge on any atom is -0.357 e. The zero-order valence-corrected chi connectivity index (χ0v) is 11.6. The first-order valence-electron chi connectivity index (χ1n) is 6.77. The summed E-state index contributed by atoms with van der Waals surface area (Å²) >= 11 is 0. The molecule has 1 aliphatic rings. The molecule has 1 saturated carbocycles. The highest BCUT2D eigenvalue weighted by molar-refractivity contribution is 5.87. The van der Waals surface area contributed by atoms with Crippen LogP contribution in [0.1, 0.15) is 39.5 Å². The summed E-state index contributed by atoms with van der Waals surface area (Å²) in [5, 5.41) is 8.68. The van der Waals surface area contributed by atoms with E-state index in [-0.39, 0.29) is 11.8 Å². The molecule has 18 heavy (non-hydrogen) atoms. The summed E-state index contributed by atoms with van der Waals surface area (Å²) in [7, 11) is 1.59. The second-order valence-electron chi connectivity index (χ2n) is 5.34. The first kappa shape index (κ1) is 15.0. The van der Waals surface area contributed by atoms with Gasteiger partial charge in [-0.15, -0.1) is 0 Å². The average Bonchev–Trinajstić information content (AvgIpc) is 3.10. The van der Waals surface area contributed by atoms with E-state index in [1.54, 1.807) is 7.05 Å². The van der Waals surface area contributed by atoms with Crippen molar-refractivity contribution in [2.45, 2.75) is 51.6 Å². The summed E-state index contributed by atoms with van der Waals surface area (Å²) in [6.07, 6.45) is 3.54. The molecule has 104 valence electrons. The van der Waals surface area contributed by atoms with Crippen LogP contribution in [-0.4, -0.2) is 37.5 Å². The molecule has 3 N–H and O–H groups in total. The van der Waals surface area contributed by atoms with Gasteiger partial charge in [0.15, 0.2) is 0 Å². The fraction of sp³-hybridized carbons (Fsp3) is 0.846. The molecule has 1 fully saturated rings. The highest BCUT2D eigenvalue weighted by atomic mass is 16.2. The molecule has 1 atom stereocenters. The number of likely N-dealkylation sites (N-methyl/N-ethyl adjacent to an activating group) is 1. The third kappa shape index (κ3) is 6.00. The number of carbonyl (C=O) groups is 2. The van der Waals surface area contributed by atoms with E-state index in [1.807, 2.05) is 13.8 Å². The van der Waals surface area contributed by atoms with E-state index in [0.29, 0.717) is 31.3 Å². The molecule has 0 aromatic carbocycles. The zero-order valence-electron chi connectivity index (χ0n) is 11.6. The van der Waals surface area contributed by atoms with Crippen molar-refractivity contribution >= 4 is 11.8 Å². The molecular weight excluding hydrogens is 230 g/mol. The lowest BCUT2D eigenvalue weighted by Crippen LogP contribution is -2.46. The van der Waals surface area contributed by atoms with E-state index >= 15 is 0 Å². The van der Waals surface area contributed by atoms with Gasteiger partial charge < -0.3 is 16.0 Å². The standard InChI is InChI=1S/C13H25N3O2/c1-9(2)8-11(13(18)14-3)16-12(17)6-7-15-10-4-5-10/h9-11,15H,4-8H2,1-3H3,(H,14,18)(H,16,17). The Hall–Kier alpha value is -1.10. The highest BCUT2D eigenvalue weighted by Gasteiger charge is 2.22. The van der Waals surface area contributed by atoms with E-state index in [4.69, 9.17) is 0 Å². The highest BCUT2D eigenvalue weighted by Crippen LogP contribution is 2.18. The third-order valence-corrected chi connectivity index (χ3v) is 2.97. The monoisotopic (exact) mass is 255 g/mol. The van der Waals surface area contributed by atoms with Crippen molar-refractivity contribution in [2.75, 3.05) is 13.6 Å². The van der Waals surface area contributed by atoms with Crippen molar-refractivity contribution < 1.29 is 9.59 Å². The van der Waals surface area contributed by atoms with Gasteiger partial charge in [-0.25, -0.2) is 0 Å². The van der Waals surface area contributed by atoms with Crippen molar-refractivity contribution in [1.82, 2.24) is 16.0 Å². The Morgan fingerprint density at radius 1 is 1.28 bits per heavy atom. The number of amides is 2. The lowest BCUT2D eigenvalue weighted by molar-refractivity contribution is -0.129. The first-order chi connectivity index (χ1) is 8.52. The molecule has 0 heterocycles. The smallest absolute Gasteiger partial charge is 0.242 e. The molecule has 0 radical (unpaired) electrons. The molecule has 0 aromatic heterocycles. The summed E-state index contributed by atoms with van der Waals surface area (Å²) in [5.74, 6) is 0.196. The third-order valence-electron chi connectivity index (χ3n) is 2.97. The lowest BCUT2D eigenvalue weighted by atomic mass is 10.0. The maximum atomic E-state index is 11.7. The first-order valence-corrected chi connectivity index (χ1v) is 6.77. The number of rotatable bonds is 8. The van der Waals surface area contributed by atoms with Crippen LogP contribution in [0.25, 0.3) is 0 Å². The van der Waals surface area contributed by atoms with Gasteiger partial charge in [-0.05, 0) is 25.2 Å². The molecule has 1 rings (SSSR count). The Bertz CT molecular complexity index is 288. The van der Waals surface area contributed by atoms with E-state index in [0.717, 1.165) is 0 Å². The zero-order chi connectivity index (χ0) is 13.5. The number of hydrogen-bond acceptors (Lipinski definition) is 3. The van der Waals surface area contributed by atoms with E-state index < -0.39 is 6.04 Å². The summed E-state index contributed by atoms with van der Waals surface area (Å²) in [5.41, 5.74) is 0. The SMILES string of the molecule is CNC(=O)C(CC(C)C)NC(=O)CCNC1CC1. The van der Waals surface area contributed by atoms with Gasteiger partial charge in [0.1, 0.15) is 6.04 Å². The van der Waals surface area contributed by atoms with Crippen LogP contribution in [0.5, 0.6) is 0 Å². The van der Waals surface area contributed by atoms with Gasteiger partial charge in [0, 0.05) is 26.1 Å². The molecule has 0 aliphatic heterocycles. The van der Waals surface area contributed by atoms with E-state index in [1.165, 1.54) is 12.8 Å². The summed E-state index contributed by atoms with van der Waals surface area (Å²) in [6.45, 7) is 4.77. The molecule has 1 aliphatic carbocycles. The van der Waals surface area contributed by atoms with Crippen LogP contribution in [-0.2, 0) is 9.59 Å². The largest absolute Gasteiger partial charge is 0.357 e. The van der Waals surface area contributed by atoms with Gasteiger partial charge in [0.25, 0.3) is 0 Å². The molecular formula is C13H25N3O2. The summed E-state index contributed by atoms with van der Waals surface area (Å²) in [6, 6.07) is 0.201. The minimum absolute atomic E-state index is 0.0580. The van der Waals surface area contributed by atoms with Gasteiger partial charge in [-0.3, -0.25) is 9.59 Å². The van der Waals surface area contributed by atoms with E-state index in [2.05, 4.69) is 16.0 Å². The molecule has 1 unspecified atom stereocenters. The molecule has 0 saturated heterocycles. The summed E-state index contributed by atoms with van der Waals surface area (Å²) in [4.78, 5) is 23.4. The number of carbonyl (C=O) groups excluding carboxylic acids is 2. The Morgan fingerprint density at radius 3 is 2.44 bits per heavy atom. The molecule has 0 spiro atoms. The van der Waals surface area contributed by atoms with Crippen molar-refractivity contribution in [1.29, 1.82) is 0 Å². The average molecular weight is 255 g/mol. The number of hydrogen-bond donors (Lipinski definition) is 3. The van der Waals surface area contributed by atoms with Gasteiger partial charge in [0.05, 0.1) is 0 Å². The fourth-order valence-corrected chi connectivity index (χ4v) is 1.82. The van der Waals surface area contributed by atoms with Crippen molar-refractivity contribution in [2.24, 2.45) is 5.92 Å². The van der Waals surface area contributed by atoms with Crippen LogP contribution >= 0.6 is 0 Å². The van der Waals surface area contributed by atoms with Crippen molar-refractivity contribution in [3.05, 3.63) is 0 Å². The van der Waals surface area contributed by atoms with Gasteiger partial charge in [0.2, 0.25) is 11.8 Å². The van der Waals surface area contributed by atoms with Gasteiger partial charge in [-0.2, -0.15) is 0 Å². The molecule has 5 nitrogen and oxygen atoms in total. The maximum Gasteiger partial charge on any atom is 0.242 e. The van der Waals surface area contributed by atoms with Crippen molar-refractivity contribution in [3.63, 3.8) is 0 Å². The Morgan fingerprint density at radius 2 is 1.94 bits per heavy atom. The lowest BCUT2D eigenvalue weighted by Gasteiger charge is -2.19. The topological polar surface area (TPSA) is 70.2 Å². The Balaban J connectivity index is 2.28. The molecule has 0 bridgehead atoms. The Labute approximate surface area is 109 Å². The predicted molar refractivity (Wildman–Crippen MR) is 71.1 cm³/mol. The minimum atomic E-state index is -0.413. The second-order valence-corrected chi connectivity index (χ2v) is 5.34. The predicted octanol–water partition coefficient (Wildman–Crippen LogP) is 0.405. The van der Waals surface area contributed by atoms with Gasteiger partial charge in [-0.1, -0.05) is 13.8 Å². The van der Waals surface area contributed by atoms with Crippen LogP contribution in [0.3, 0.4) is 0 Å². The summed E-state index contributed by atoms with van der Waals surface area (Å²) < 4.78 is 0. The maximum absolute atomic E-state index is 11.7. The van der Waals surface area contributed by atoms with Crippen LogP contribution in [0.4, 0.5) is 0 Å². The quantitative estimate of drug-likeness (QED) is 0.588. The molecule has 2 amide bonds. The van der Waals surface area contributed by atoms with Crippen LogP contribution in [0.15, 0.2) is 0 Å². The van der Waals surface area contributed by atoms with Crippen LogP contribution in [0.2, 0.25) is 0 Å². The van der Waals surface area contributed by atoms with Gasteiger partial charge >= 0.3 is 0 Å². The second kappa shape index (κ2) is 7.36. The number of nitrogens with one attached hydrogen (secondary N) is 3. The van der Waals surface area contributed by atoms with E-state index in [9.17, 15) is 9.59 Å². The molecule has 0 aromatic rings. The van der Waals surface area contributed by atoms with Crippen LogP contribution in [0, 0.1) is 5.92 Å². The normalized spacial score (nSPS) is 16.4. The fourth-order valence-electron chi connectivity index (χ4n) is 1.82.